The molecule has 0 heterocycles. The smallest absolute Gasteiger partial charge is 0.00204 e. The van der Waals surface area contributed by atoms with Crippen molar-refractivity contribution >= 4 is 43.1 Å². The zero-order chi connectivity index (χ0) is 51.6. The van der Waals surface area contributed by atoms with E-state index in [2.05, 4.69) is 284 Å². The molecule has 0 nitrogen and oxygen atoms in total. The second kappa shape index (κ2) is 19.0. The highest BCUT2D eigenvalue weighted by atomic mass is 14.3. The van der Waals surface area contributed by atoms with E-state index in [1.54, 1.807) is 0 Å². The number of fused-ring (bicyclic) bond motifs is 4. The van der Waals surface area contributed by atoms with Crippen molar-refractivity contribution < 1.29 is 0 Å². The fourth-order valence-corrected chi connectivity index (χ4v) is 13.2. The molecular weight excluding hydrogens is 913 g/mol. The molecule has 362 valence electrons. The van der Waals surface area contributed by atoms with E-state index in [4.69, 9.17) is 0 Å². The number of hydrogen-bond acceptors (Lipinski definition) is 0. The Morgan fingerprint density at radius 1 is 0.158 bits per heavy atom. The number of rotatable bonds is 8. The van der Waals surface area contributed by atoms with Crippen molar-refractivity contribution in [3.05, 3.63) is 276 Å². The molecule has 0 aliphatic carbocycles. The van der Waals surface area contributed by atoms with E-state index < -0.39 is 0 Å². The van der Waals surface area contributed by atoms with Crippen LogP contribution >= 0.6 is 0 Å². The van der Waals surface area contributed by atoms with Gasteiger partial charge < -0.3 is 0 Å². The third kappa shape index (κ3) is 7.75. The van der Waals surface area contributed by atoms with Crippen LogP contribution in [0.15, 0.2) is 243 Å². The largest absolute Gasteiger partial charge is 0.0622 e. The Labute approximate surface area is 447 Å². The van der Waals surface area contributed by atoms with E-state index in [1.165, 1.54) is 165 Å². The quantitative estimate of drug-likeness (QED) is 0.133. The molecule has 0 spiro atoms. The van der Waals surface area contributed by atoms with Crippen LogP contribution in [0.1, 0.15) is 33.4 Å². The normalized spacial score (nSPS) is 11.6. The first-order valence-corrected chi connectivity index (χ1v) is 26.7. The molecule has 13 aromatic carbocycles. The fourth-order valence-electron chi connectivity index (χ4n) is 13.2. The van der Waals surface area contributed by atoms with Crippen LogP contribution in [-0.2, 0) is 0 Å². The SMILES string of the molecule is Cc1c(-c2ccccc2)c(C)c(-c2c3ccc(-c4ccc5ccccc5c4)cc3c(-c3c(C)c(-c4ccccc4)c(C)c(-c4ccccc4)c3C)c3ccc(-c4ccc5ccccc5c4)cc23)c(C)c1-c1ccccc1. The molecule has 0 N–H and O–H groups in total. The molecular formula is C76H58. The molecule has 76 heavy (non-hydrogen) atoms. The molecule has 0 radical (unpaired) electrons. The Hall–Kier alpha value is -9.10. The van der Waals surface area contributed by atoms with Gasteiger partial charge in [0.1, 0.15) is 0 Å². The third-order valence-electron chi connectivity index (χ3n) is 16.5. The summed E-state index contributed by atoms with van der Waals surface area (Å²) < 4.78 is 0. The van der Waals surface area contributed by atoms with Crippen LogP contribution in [0.3, 0.4) is 0 Å². The molecule has 0 heteroatoms. The van der Waals surface area contributed by atoms with E-state index in [1.807, 2.05) is 0 Å². The third-order valence-corrected chi connectivity index (χ3v) is 16.5. The van der Waals surface area contributed by atoms with Crippen LogP contribution in [0.2, 0.25) is 0 Å². The minimum atomic E-state index is 1.19. The van der Waals surface area contributed by atoms with Gasteiger partial charge in [0.2, 0.25) is 0 Å². The summed E-state index contributed by atoms with van der Waals surface area (Å²) in [5.74, 6) is 0. The van der Waals surface area contributed by atoms with Gasteiger partial charge in [-0.15, -0.1) is 0 Å². The van der Waals surface area contributed by atoms with Gasteiger partial charge in [-0.2, -0.15) is 0 Å². The average Bonchev–Trinajstić information content (AvgIpc) is 3.56. The topological polar surface area (TPSA) is 0 Å². The van der Waals surface area contributed by atoms with Crippen LogP contribution in [0, 0.1) is 41.5 Å². The summed E-state index contributed by atoms with van der Waals surface area (Å²) in [6.45, 7) is 14.2. The fraction of sp³-hybridized carbons (Fsp3) is 0.0789. The van der Waals surface area contributed by atoms with Crippen molar-refractivity contribution in [2.45, 2.75) is 41.5 Å². The first-order chi connectivity index (χ1) is 37.2. The lowest BCUT2D eigenvalue weighted by atomic mass is 9.75. The second-order valence-corrected chi connectivity index (χ2v) is 20.9. The van der Waals surface area contributed by atoms with Crippen molar-refractivity contribution in [3.63, 3.8) is 0 Å². The lowest BCUT2D eigenvalue weighted by Gasteiger charge is -2.28. The summed E-state index contributed by atoms with van der Waals surface area (Å²) in [6, 6.07) is 90.3. The van der Waals surface area contributed by atoms with Crippen LogP contribution in [0.25, 0.3) is 132 Å². The van der Waals surface area contributed by atoms with Gasteiger partial charge in [-0.25, -0.2) is 0 Å². The van der Waals surface area contributed by atoms with Crippen molar-refractivity contribution in [2.24, 2.45) is 0 Å². The van der Waals surface area contributed by atoms with E-state index >= 15 is 0 Å². The van der Waals surface area contributed by atoms with Gasteiger partial charge in [0.15, 0.2) is 0 Å². The summed E-state index contributed by atoms with van der Waals surface area (Å²) in [6.07, 6.45) is 0. The van der Waals surface area contributed by atoms with Crippen LogP contribution in [0.5, 0.6) is 0 Å². The maximum Gasteiger partial charge on any atom is -0.00204 e. The molecule has 0 atom stereocenters. The van der Waals surface area contributed by atoms with Gasteiger partial charge in [0.05, 0.1) is 0 Å². The number of benzene rings is 13. The Kier molecular flexibility index (Phi) is 11.7. The molecule has 0 bridgehead atoms. The summed E-state index contributed by atoms with van der Waals surface area (Å²) in [5.41, 5.74) is 27.7. The first kappa shape index (κ1) is 46.7. The molecule has 0 amide bonds. The van der Waals surface area contributed by atoms with E-state index in [0.717, 1.165) is 0 Å². The Morgan fingerprint density at radius 3 is 0.724 bits per heavy atom. The highest BCUT2D eigenvalue weighted by molar-refractivity contribution is 6.24. The summed E-state index contributed by atoms with van der Waals surface area (Å²) in [7, 11) is 0. The average molecular weight is 971 g/mol. The molecule has 0 saturated carbocycles. The number of hydrogen-bond donors (Lipinski definition) is 0. The monoisotopic (exact) mass is 970 g/mol. The lowest BCUT2D eigenvalue weighted by Crippen LogP contribution is -2.04. The van der Waals surface area contributed by atoms with Gasteiger partial charge in [-0.05, 0) is 231 Å². The maximum absolute atomic E-state index is 2.52. The van der Waals surface area contributed by atoms with Gasteiger partial charge in [-0.3, -0.25) is 0 Å². The molecule has 13 aromatic rings. The molecule has 0 saturated heterocycles. The molecule has 0 aliphatic heterocycles. The van der Waals surface area contributed by atoms with E-state index in [0.29, 0.717) is 0 Å². The van der Waals surface area contributed by atoms with Crippen molar-refractivity contribution in [1.29, 1.82) is 0 Å². The Bertz CT molecular complexity index is 3990. The standard InChI is InChI=1S/C76H58/c1-47-69(55-25-11-7-12-26-55)49(3)73(50(4)70(47)56-27-13-8-14-28-56)75-65-41-39-64(62-38-36-54-24-20-22-34-60(54)44-62)46-68(65)76(66-42-40-63(45-67(66)75)61-37-35-53-23-19-21-33-59(53)43-61)74-51(5)71(57-29-15-9-16-30-57)48(2)72(52(74)6)58-31-17-10-18-32-58/h7-46H,1-6H3. The van der Waals surface area contributed by atoms with Crippen molar-refractivity contribution in [1.82, 2.24) is 0 Å². The van der Waals surface area contributed by atoms with Crippen LogP contribution in [0.4, 0.5) is 0 Å². The second-order valence-electron chi connectivity index (χ2n) is 20.9. The maximum atomic E-state index is 2.52. The Balaban J connectivity index is 1.24. The van der Waals surface area contributed by atoms with Gasteiger partial charge in [0.25, 0.3) is 0 Å². The predicted molar refractivity (Wildman–Crippen MR) is 328 cm³/mol. The Morgan fingerprint density at radius 2 is 0.408 bits per heavy atom. The lowest BCUT2D eigenvalue weighted by molar-refractivity contribution is 1.32. The highest BCUT2D eigenvalue weighted by Gasteiger charge is 2.28. The van der Waals surface area contributed by atoms with Crippen LogP contribution in [-0.4, -0.2) is 0 Å². The zero-order valence-electron chi connectivity index (χ0n) is 44.1. The van der Waals surface area contributed by atoms with Crippen molar-refractivity contribution in [2.75, 3.05) is 0 Å². The zero-order valence-corrected chi connectivity index (χ0v) is 44.1. The van der Waals surface area contributed by atoms with Gasteiger partial charge >= 0.3 is 0 Å². The summed E-state index contributed by atoms with van der Waals surface area (Å²) >= 11 is 0. The summed E-state index contributed by atoms with van der Waals surface area (Å²) in [4.78, 5) is 0. The predicted octanol–water partition coefficient (Wildman–Crippen LogP) is 21.5. The van der Waals surface area contributed by atoms with Crippen LogP contribution < -0.4 is 0 Å². The summed E-state index contributed by atoms with van der Waals surface area (Å²) in [5, 5.41) is 9.89. The molecule has 0 unspecified atom stereocenters. The van der Waals surface area contributed by atoms with Gasteiger partial charge in [-0.1, -0.05) is 218 Å². The first-order valence-electron chi connectivity index (χ1n) is 26.7. The molecule has 13 rings (SSSR count). The minimum Gasteiger partial charge on any atom is -0.0622 e. The minimum absolute atomic E-state index is 1.19. The molecule has 0 fully saturated rings. The molecule has 0 aliphatic rings. The molecule has 0 aromatic heterocycles. The van der Waals surface area contributed by atoms with Gasteiger partial charge in [0, 0.05) is 0 Å². The van der Waals surface area contributed by atoms with E-state index in [9.17, 15) is 0 Å². The highest BCUT2D eigenvalue weighted by Crippen LogP contribution is 2.54. The van der Waals surface area contributed by atoms with Crippen molar-refractivity contribution in [3.8, 4) is 89.0 Å². The van der Waals surface area contributed by atoms with E-state index in [-0.39, 0.29) is 0 Å².